The van der Waals surface area contributed by atoms with Gasteiger partial charge >= 0.3 is 0 Å². The molecular formula is C18H20ClN4O3+. The number of quaternary nitrogens is 1. The van der Waals surface area contributed by atoms with E-state index in [1.165, 1.54) is 0 Å². The summed E-state index contributed by atoms with van der Waals surface area (Å²) in [4.78, 5) is 13.4. The van der Waals surface area contributed by atoms with E-state index in [0.717, 1.165) is 22.7 Å². The molecule has 0 aliphatic rings. The Morgan fingerprint density at radius 1 is 1.31 bits per heavy atom. The Balaban J connectivity index is 1.60. The quantitative estimate of drug-likeness (QED) is 0.662. The van der Waals surface area contributed by atoms with Gasteiger partial charge in [0, 0.05) is 10.7 Å². The number of aromatic nitrogens is 2. The molecule has 0 radical (unpaired) electrons. The van der Waals surface area contributed by atoms with E-state index in [2.05, 4.69) is 15.5 Å². The van der Waals surface area contributed by atoms with Crippen LogP contribution in [0, 0.1) is 6.92 Å². The molecule has 7 nitrogen and oxygen atoms in total. The maximum Gasteiger partial charge on any atom is 0.283 e. The van der Waals surface area contributed by atoms with E-state index in [-0.39, 0.29) is 12.5 Å². The third-order valence-corrected chi connectivity index (χ3v) is 4.22. The molecule has 1 unspecified atom stereocenters. The fourth-order valence-corrected chi connectivity index (χ4v) is 2.67. The summed E-state index contributed by atoms with van der Waals surface area (Å²) in [5.74, 6) is 1.22. The fraction of sp³-hybridized carbons (Fsp3) is 0.278. The van der Waals surface area contributed by atoms with Gasteiger partial charge in [0.05, 0.1) is 12.8 Å². The molecule has 0 saturated carbocycles. The van der Waals surface area contributed by atoms with Crippen molar-refractivity contribution in [2.75, 3.05) is 18.4 Å². The van der Waals surface area contributed by atoms with E-state index in [0.29, 0.717) is 29.1 Å². The summed E-state index contributed by atoms with van der Waals surface area (Å²) in [5.41, 5.74) is 1.68. The number of benzene rings is 1. The van der Waals surface area contributed by atoms with Crippen LogP contribution >= 0.6 is 11.6 Å². The maximum absolute atomic E-state index is 12.4. The Kier molecular flexibility index (Phi) is 5.70. The van der Waals surface area contributed by atoms with Crippen LogP contribution in [0.3, 0.4) is 0 Å². The topological polar surface area (TPSA) is 85.6 Å². The number of halogens is 1. The second-order valence-electron chi connectivity index (χ2n) is 5.94. The highest BCUT2D eigenvalue weighted by Gasteiger charge is 2.19. The highest BCUT2D eigenvalue weighted by molar-refractivity contribution is 6.31. The van der Waals surface area contributed by atoms with Gasteiger partial charge in [0.15, 0.2) is 18.8 Å². The van der Waals surface area contributed by atoms with Crippen LogP contribution in [0.15, 0.2) is 45.4 Å². The summed E-state index contributed by atoms with van der Waals surface area (Å²) in [5, 5.41) is 11.5. The second kappa shape index (κ2) is 8.16. The Morgan fingerprint density at radius 2 is 2.15 bits per heavy atom. The molecule has 2 aromatic heterocycles. The summed E-state index contributed by atoms with van der Waals surface area (Å²) in [6.07, 6.45) is 1.55. The molecule has 1 aromatic carbocycles. The largest absolute Gasteiger partial charge is 0.459 e. The van der Waals surface area contributed by atoms with Crippen LogP contribution in [-0.2, 0) is 11.3 Å². The van der Waals surface area contributed by atoms with Gasteiger partial charge in [-0.05, 0) is 43.7 Å². The molecule has 2 heterocycles. The van der Waals surface area contributed by atoms with Gasteiger partial charge < -0.3 is 19.1 Å². The van der Waals surface area contributed by atoms with Gasteiger partial charge in [0.2, 0.25) is 0 Å². The number of likely N-dealkylation sites (N-methyl/N-ethyl adjacent to an activating group) is 1. The minimum atomic E-state index is -0.0991. The number of aryl methyl sites for hydroxylation is 1. The van der Waals surface area contributed by atoms with Gasteiger partial charge in [-0.25, -0.2) is 0 Å². The summed E-state index contributed by atoms with van der Waals surface area (Å²) in [6, 6.07) is 8.92. The zero-order valence-corrected chi connectivity index (χ0v) is 15.3. The summed E-state index contributed by atoms with van der Waals surface area (Å²) in [7, 11) is 0. The molecule has 0 spiro atoms. The van der Waals surface area contributed by atoms with Crippen molar-refractivity contribution >= 4 is 23.2 Å². The average Bonchev–Trinajstić information content (AvgIpc) is 3.28. The Hall–Kier alpha value is -2.64. The second-order valence-corrected chi connectivity index (χ2v) is 6.38. The standard InChI is InChI=1S/C18H19ClN4O3/c1-3-23(10-16(24)20-14-9-13(19)7-6-12(14)2)11-17-21-22-18(26-17)15-5-4-8-25-15/h4-9H,3,10-11H2,1-2H3,(H,20,24)/p+1. The molecule has 0 aliphatic carbocycles. The van der Waals surface area contributed by atoms with Crippen molar-refractivity contribution in [2.24, 2.45) is 0 Å². The SMILES string of the molecule is CC[NH+](CC(=O)Nc1cc(Cl)ccc1C)Cc1nnc(-c2ccco2)o1. The lowest BCUT2D eigenvalue weighted by atomic mass is 10.2. The Bertz CT molecular complexity index is 876. The number of furan rings is 1. The number of carbonyl (C=O) groups excluding carboxylic acids is 1. The van der Waals surface area contributed by atoms with E-state index in [1.54, 1.807) is 30.5 Å². The Labute approximate surface area is 156 Å². The predicted octanol–water partition coefficient (Wildman–Crippen LogP) is 2.33. The first-order chi connectivity index (χ1) is 12.5. The first kappa shape index (κ1) is 18.2. The summed E-state index contributed by atoms with van der Waals surface area (Å²) >= 11 is 5.99. The molecule has 8 heteroatoms. The molecule has 0 aliphatic heterocycles. The van der Waals surface area contributed by atoms with E-state index in [9.17, 15) is 4.79 Å². The van der Waals surface area contributed by atoms with Crippen LogP contribution < -0.4 is 10.2 Å². The molecule has 0 saturated heterocycles. The fourth-order valence-electron chi connectivity index (χ4n) is 2.50. The predicted molar refractivity (Wildman–Crippen MR) is 96.9 cm³/mol. The van der Waals surface area contributed by atoms with Crippen molar-refractivity contribution in [3.63, 3.8) is 0 Å². The molecule has 3 rings (SSSR count). The normalized spacial score (nSPS) is 12.1. The van der Waals surface area contributed by atoms with Crippen LogP contribution in [0.1, 0.15) is 18.4 Å². The Morgan fingerprint density at radius 3 is 2.88 bits per heavy atom. The van der Waals surface area contributed by atoms with Gasteiger partial charge in [-0.3, -0.25) is 4.79 Å². The van der Waals surface area contributed by atoms with Crippen LogP contribution in [0.4, 0.5) is 5.69 Å². The van der Waals surface area contributed by atoms with Gasteiger partial charge in [-0.2, -0.15) is 0 Å². The number of anilines is 1. The molecule has 1 atom stereocenters. The van der Waals surface area contributed by atoms with E-state index >= 15 is 0 Å². The molecule has 26 heavy (non-hydrogen) atoms. The van der Waals surface area contributed by atoms with Crippen molar-refractivity contribution in [1.29, 1.82) is 0 Å². The highest BCUT2D eigenvalue weighted by Crippen LogP contribution is 2.20. The van der Waals surface area contributed by atoms with Gasteiger partial charge in [-0.1, -0.05) is 17.7 Å². The smallest absolute Gasteiger partial charge is 0.283 e. The van der Waals surface area contributed by atoms with Crippen molar-refractivity contribution in [2.45, 2.75) is 20.4 Å². The first-order valence-electron chi connectivity index (χ1n) is 8.31. The molecule has 136 valence electrons. The third kappa shape index (κ3) is 4.50. The van der Waals surface area contributed by atoms with Crippen LogP contribution in [0.25, 0.3) is 11.7 Å². The number of nitrogens with one attached hydrogen (secondary N) is 2. The third-order valence-electron chi connectivity index (χ3n) is 3.98. The van der Waals surface area contributed by atoms with E-state index in [4.69, 9.17) is 20.4 Å². The number of amides is 1. The lowest BCUT2D eigenvalue weighted by Gasteiger charge is -2.16. The van der Waals surface area contributed by atoms with Crippen molar-refractivity contribution < 1.29 is 18.5 Å². The van der Waals surface area contributed by atoms with Crippen molar-refractivity contribution in [3.8, 4) is 11.7 Å². The molecule has 1 amide bonds. The zero-order valence-electron chi connectivity index (χ0n) is 14.6. The number of hydrogen-bond donors (Lipinski definition) is 2. The van der Waals surface area contributed by atoms with Crippen LogP contribution in [0.2, 0.25) is 5.02 Å². The van der Waals surface area contributed by atoms with Crippen LogP contribution in [0.5, 0.6) is 0 Å². The molecule has 0 bridgehead atoms. The number of hydrogen-bond acceptors (Lipinski definition) is 5. The van der Waals surface area contributed by atoms with Crippen LogP contribution in [-0.4, -0.2) is 29.2 Å². The number of rotatable bonds is 7. The zero-order chi connectivity index (χ0) is 18.5. The van der Waals surface area contributed by atoms with Gasteiger partial charge in [-0.15, -0.1) is 10.2 Å². The number of carbonyl (C=O) groups is 1. The minimum Gasteiger partial charge on any atom is -0.459 e. The van der Waals surface area contributed by atoms with E-state index in [1.807, 2.05) is 19.9 Å². The van der Waals surface area contributed by atoms with Gasteiger partial charge in [0.25, 0.3) is 17.7 Å². The lowest BCUT2D eigenvalue weighted by molar-refractivity contribution is -0.905. The summed E-state index contributed by atoms with van der Waals surface area (Å²) in [6.45, 7) is 5.38. The maximum atomic E-state index is 12.4. The lowest BCUT2D eigenvalue weighted by Crippen LogP contribution is -3.11. The molecule has 3 aromatic rings. The highest BCUT2D eigenvalue weighted by atomic mass is 35.5. The molecular weight excluding hydrogens is 356 g/mol. The summed E-state index contributed by atoms with van der Waals surface area (Å²) < 4.78 is 10.8. The molecule has 0 fully saturated rings. The molecule has 2 N–H and O–H groups in total. The van der Waals surface area contributed by atoms with E-state index < -0.39 is 0 Å². The average molecular weight is 376 g/mol. The van der Waals surface area contributed by atoms with Gasteiger partial charge in [0.1, 0.15) is 0 Å². The monoisotopic (exact) mass is 375 g/mol. The van der Waals surface area contributed by atoms with Crippen molar-refractivity contribution in [3.05, 3.63) is 53.1 Å². The number of nitrogens with zero attached hydrogens (tertiary/aromatic N) is 2. The minimum absolute atomic E-state index is 0.0991. The first-order valence-corrected chi connectivity index (χ1v) is 8.68. The van der Waals surface area contributed by atoms with Crippen molar-refractivity contribution in [1.82, 2.24) is 10.2 Å².